The van der Waals surface area contributed by atoms with Crippen molar-refractivity contribution in [3.63, 3.8) is 0 Å². The minimum absolute atomic E-state index is 0.693. The second-order valence-electron chi connectivity index (χ2n) is 4.37. The number of nitrogens with zero attached hydrogens (tertiary/aromatic N) is 4. The van der Waals surface area contributed by atoms with Crippen LogP contribution in [-0.2, 0) is 4.74 Å². The van der Waals surface area contributed by atoms with E-state index in [0.29, 0.717) is 5.95 Å². The molecule has 0 radical (unpaired) electrons. The lowest BCUT2D eigenvalue weighted by molar-refractivity contribution is 0.122. The monoisotopic (exact) mass is 251 g/mol. The van der Waals surface area contributed by atoms with Crippen molar-refractivity contribution in [3.05, 3.63) is 6.20 Å². The smallest absolute Gasteiger partial charge is 0.247 e. The van der Waals surface area contributed by atoms with Crippen LogP contribution in [0.3, 0.4) is 0 Å². The van der Waals surface area contributed by atoms with Crippen LogP contribution in [0.2, 0.25) is 0 Å². The molecule has 0 saturated carbocycles. The SMILES string of the molecule is CCCCCNc1cnnc(N2CCOCC2)n1. The molecule has 6 heteroatoms. The van der Waals surface area contributed by atoms with E-state index in [4.69, 9.17) is 4.74 Å². The summed E-state index contributed by atoms with van der Waals surface area (Å²) in [5, 5.41) is 11.4. The van der Waals surface area contributed by atoms with Gasteiger partial charge in [-0.3, -0.25) is 0 Å². The maximum Gasteiger partial charge on any atom is 0.247 e. The van der Waals surface area contributed by atoms with E-state index in [2.05, 4.69) is 32.3 Å². The first kappa shape index (κ1) is 13.0. The lowest BCUT2D eigenvalue weighted by Gasteiger charge is -2.26. The summed E-state index contributed by atoms with van der Waals surface area (Å²) in [5.41, 5.74) is 0. The summed E-state index contributed by atoms with van der Waals surface area (Å²) in [4.78, 5) is 6.58. The van der Waals surface area contributed by atoms with E-state index in [1.54, 1.807) is 6.20 Å². The Bertz CT molecular complexity index is 354. The van der Waals surface area contributed by atoms with Crippen molar-refractivity contribution >= 4 is 11.8 Å². The third kappa shape index (κ3) is 3.80. The molecule has 1 fully saturated rings. The molecule has 18 heavy (non-hydrogen) atoms. The second-order valence-corrected chi connectivity index (χ2v) is 4.37. The Morgan fingerprint density at radius 2 is 2.17 bits per heavy atom. The summed E-state index contributed by atoms with van der Waals surface area (Å²) in [5.74, 6) is 1.50. The van der Waals surface area contributed by atoms with Crippen molar-refractivity contribution in [1.82, 2.24) is 15.2 Å². The molecule has 0 aromatic carbocycles. The average molecular weight is 251 g/mol. The molecule has 1 aliphatic heterocycles. The molecule has 1 aromatic heterocycles. The summed E-state index contributed by atoms with van der Waals surface area (Å²) in [6.07, 6.45) is 5.30. The Hall–Kier alpha value is -1.43. The summed E-state index contributed by atoms with van der Waals surface area (Å²) < 4.78 is 5.31. The Kier molecular flexibility index (Phi) is 5.14. The van der Waals surface area contributed by atoms with E-state index in [1.165, 1.54) is 12.8 Å². The maximum absolute atomic E-state index is 5.31. The van der Waals surface area contributed by atoms with Gasteiger partial charge in [0.25, 0.3) is 0 Å². The van der Waals surface area contributed by atoms with Crippen molar-refractivity contribution in [3.8, 4) is 0 Å². The van der Waals surface area contributed by atoms with Gasteiger partial charge in [0.2, 0.25) is 5.95 Å². The predicted molar refractivity (Wildman–Crippen MR) is 70.9 cm³/mol. The van der Waals surface area contributed by atoms with Crippen LogP contribution in [-0.4, -0.2) is 48.0 Å². The molecule has 6 nitrogen and oxygen atoms in total. The second kappa shape index (κ2) is 7.10. The molecule has 0 spiro atoms. The fourth-order valence-electron chi connectivity index (χ4n) is 1.87. The van der Waals surface area contributed by atoms with Gasteiger partial charge in [-0.1, -0.05) is 19.8 Å². The van der Waals surface area contributed by atoms with Gasteiger partial charge in [-0.2, -0.15) is 10.1 Å². The highest BCUT2D eigenvalue weighted by Gasteiger charge is 2.14. The topological polar surface area (TPSA) is 63.2 Å². The number of anilines is 2. The Balaban J connectivity index is 1.88. The number of rotatable bonds is 6. The van der Waals surface area contributed by atoms with E-state index < -0.39 is 0 Å². The largest absolute Gasteiger partial charge is 0.378 e. The van der Waals surface area contributed by atoms with Gasteiger partial charge in [-0.15, -0.1) is 5.10 Å². The molecule has 100 valence electrons. The van der Waals surface area contributed by atoms with Crippen molar-refractivity contribution in [2.45, 2.75) is 26.2 Å². The van der Waals surface area contributed by atoms with Crippen LogP contribution in [0.1, 0.15) is 26.2 Å². The van der Waals surface area contributed by atoms with E-state index in [1.807, 2.05) is 0 Å². The number of aromatic nitrogens is 3. The van der Waals surface area contributed by atoms with Gasteiger partial charge < -0.3 is 15.0 Å². The van der Waals surface area contributed by atoms with Crippen molar-refractivity contribution in [2.24, 2.45) is 0 Å². The van der Waals surface area contributed by atoms with E-state index >= 15 is 0 Å². The molecular formula is C12H21N5O. The Morgan fingerprint density at radius 1 is 1.33 bits per heavy atom. The van der Waals surface area contributed by atoms with Crippen molar-refractivity contribution in [1.29, 1.82) is 0 Å². The van der Waals surface area contributed by atoms with Gasteiger partial charge in [-0.25, -0.2) is 0 Å². The van der Waals surface area contributed by atoms with Crippen molar-refractivity contribution < 1.29 is 4.74 Å². The van der Waals surface area contributed by atoms with Crippen LogP contribution in [0, 0.1) is 0 Å². The minimum atomic E-state index is 0.693. The Morgan fingerprint density at radius 3 is 2.94 bits per heavy atom. The third-order valence-corrected chi connectivity index (χ3v) is 2.93. The van der Waals surface area contributed by atoms with Gasteiger partial charge in [0.1, 0.15) is 0 Å². The van der Waals surface area contributed by atoms with Crippen LogP contribution in [0.4, 0.5) is 11.8 Å². The van der Waals surface area contributed by atoms with Gasteiger partial charge >= 0.3 is 0 Å². The molecule has 1 N–H and O–H groups in total. The first-order chi connectivity index (χ1) is 8.90. The van der Waals surface area contributed by atoms with E-state index in [-0.39, 0.29) is 0 Å². The first-order valence-electron chi connectivity index (χ1n) is 6.66. The molecule has 0 atom stereocenters. The number of hydrogen-bond acceptors (Lipinski definition) is 6. The number of morpholine rings is 1. The molecule has 2 rings (SSSR count). The summed E-state index contributed by atoms with van der Waals surface area (Å²) in [6, 6.07) is 0. The zero-order valence-corrected chi connectivity index (χ0v) is 10.9. The molecule has 0 aliphatic carbocycles. The minimum Gasteiger partial charge on any atom is -0.378 e. The predicted octanol–water partition coefficient (Wildman–Crippen LogP) is 1.31. The number of nitrogens with one attached hydrogen (secondary N) is 1. The zero-order chi connectivity index (χ0) is 12.6. The molecule has 1 aromatic rings. The highest BCUT2D eigenvalue weighted by molar-refractivity contribution is 5.38. The van der Waals surface area contributed by atoms with Crippen LogP contribution < -0.4 is 10.2 Å². The maximum atomic E-state index is 5.31. The molecular weight excluding hydrogens is 230 g/mol. The Labute approximate surface area is 108 Å². The molecule has 0 amide bonds. The quantitative estimate of drug-likeness (QED) is 0.769. The number of unbranched alkanes of at least 4 members (excludes halogenated alkanes) is 2. The third-order valence-electron chi connectivity index (χ3n) is 2.93. The van der Waals surface area contributed by atoms with E-state index in [0.717, 1.165) is 45.1 Å². The summed E-state index contributed by atoms with van der Waals surface area (Å²) in [6.45, 7) is 6.27. The molecule has 1 saturated heterocycles. The first-order valence-corrected chi connectivity index (χ1v) is 6.66. The lowest BCUT2D eigenvalue weighted by Crippen LogP contribution is -2.37. The van der Waals surface area contributed by atoms with Crippen LogP contribution in [0.25, 0.3) is 0 Å². The van der Waals surface area contributed by atoms with E-state index in [9.17, 15) is 0 Å². The van der Waals surface area contributed by atoms with Gasteiger partial charge in [0.05, 0.1) is 19.4 Å². The van der Waals surface area contributed by atoms with Crippen LogP contribution in [0.5, 0.6) is 0 Å². The standard InChI is InChI=1S/C12H21N5O/c1-2-3-4-5-13-11-10-14-16-12(15-11)17-6-8-18-9-7-17/h10H,2-9H2,1H3,(H,13,15,16). The number of hydrogen-bond donors (Lipinski definition) is 1. The number of ether oxygens (including phenoxy) is 1. The van der Waals surface area contributed by atoms with Gasteiger partial charge in [-0.05, 0) is 6.42 Å². The highest BCUT2D eigenvalue weighted by Crippen LogP contribution is 2.11. The van der Waals surface area contributed by atoms with Crippen molar-refractivity contribution in [2.75, 3.05) is 43.1 Å². The normalized spacial score (nSPS) is 15.7. The average Bonchev–Trinajstić information content (AvgIpc) is 2.45. The fraction of sp³-hybridized carbons (Fsp3) is 0.750. The summed E-state index contributed by atoms with van der Waals surface area (Å²) in [7, 11) is 0. The molecule has 2 heterocycles. The highest BCUT2D eigenvalue weighted by atomic mass is 16.5. The van der Waals surface area contributed by atoms with Gasteiger partial charge in [0.15, 0.2) is 5.82 Å². The van der Waals surface area contributed by atoms with Crippen LogP contribution >= 0.6 is 0 Å². The van der Waals surface area contributed by atoms with Gasteiger partial charge in [0, 0.05) is 19.6 Å². The molecule has 1 aliphatic rings. The lowest BCUT2D eigenvalue weighted by atomic mass is 10.2. The fourth-order valence-corrected chi connectivity index (χ4v) is 1.87. The summed E-state index contributed by atoms with van der Waals surface area (Å²) >= 11 is 0. The molecule has 0 bridgehead atoms. The zero-order valence-electron chi connectivity index (χ0n) is 10.9. The molecule has 0 unspecified atom stereocenters. The van der Waals surface area contributed by atoms with Crippen LogP contribution in [0.15, 0.2) is 6.20 Å².